The lowest BCUT2D eigenvalue weighted by Gasteiger charge is -2.36. The standard InChI is InChI=1S/C11H22N2O4S/c1-10-9-13(7-6-12(10)2)18(15,16)8-4-5-11(14)17-3/h10H,4-9H2,1-3H3. The van der Waals surface area contributed by atoms with E-state index in [-0.39, 0.29) is 24.2 Å². The molecule has 1 rings (SSSR count). The van der Waals surface area contributed by atoms with Crippen molar-refractivity contribution in [3.05, 3.63) is 0 Å². The van der Waals surface area contributed by atoms with Gasteiger partial charge in [0.15, 0.2) is 0 Å². The van der Waals surface area contributed by atoms with Gasteiger partial charge in [-0.1, -0.05) is 0 Å². The van der Waals surface area contributed by atoms with Crippen molar-refractivity contribution in [2.45, 2.75) is 25.8 Å². The van der Waals surface area contributed by atoms with Crippen LogP contribution in [0.25, 0.3) is 0 Å². The summed E-state index contributed by atoms with van der Waals surface area (Å²) in [7, 11) is 0.0518. The minimum Gasteiger partial charge on any atom is -0.469 e. The highest BCUT2D eigenvalue weighted by Gasteiger charge is 2.29. The van der Waals surface area contributed by atoms with Gasteiger partial charge in [0.25, 0.3) is 0 Å². The topological polar surface area (TPSA) is 66.9 Å². The third-order valence-corrected chi connectivity index (χ3v) is 5.25. The molecule has 0 aromatic carbocycles. The zero-order valence-electron chi connectivity index (χ0n) is 11.3. The van der Waals surface area contributed by atoms with E-state index < -0.39 is 10.0 Å². The summed E-state index contributed by atoms with van der Waals surface area (Å²) in [6, 6.07) is 0.231. The number of methoxy groups -OCH3 is 1. The number of likely N-dealkylation sites (N-methyl/N-ethyl adjacent to an activating group) is 1. The van der Waals surface area contributed by atoms with E-state index in [1.807, 2.05) is 14.0 Å². The molecule has 0 aromatic rings. The van der Waals surface area contributed by atoms with Crippen LogP contribution in [-0.4, -0.2) is 69.2 Å². The van der Waals surface area contributed by atoms with Crippen molar-refractivity contribution >= 4 is 16.0 Å². The number of sulfonamides is 1. The molecule has 0 radical (unpaired) electrons. The van der Waals surface area contributed by atoms with E-state index in [0.29, 0.717) is 19.5 Å². The second-order valence-corrected chi connectivity index (χ2v) is 6.77. The Morgan fingerprint density at radius 1 is 1.39 bits per heavy atom. The van der Waals surface area contributed by atoms with Crippen LogP contribution in [0.15, 0.2) is 0 Å². The molecule has 6 nitrogen and oxygen atoms in total. The Bertz CT molecular complexity index is 383. The molecule has 18 heavy (non-hydrogen) atoms. The first kappa shape index (κ1) is 15.4. The van der Waals surface area contributed by atoms with Crippen molar-refractivity contribution in [1.82, 2.24) is 9.21 Å². The maximum absolute atomic E-state index is 12.1. The molecule has 0 N–H and O–H groups in total. The smallest absolute Gasteiger partial charge is 0.305 e. The van der Waals surface area contributed by atoms with E-state index in [1.165, 1.54) is 11.4 Å². The van der Waals surface area contributed by atoms with Gasteiger partial charge in [0.2, 0.25) is 10.0 Å². The predicted octanol–water partition coefficient (Wildman–Crippen LogP) is -0.0947. The second-order valence-electron chi connectivity index (χ2n) is 4.68. The molecule has 1 saturated heterocycles. The number of esters is 1. The van der Waals surface area contributed by atoms with E-state index in [4.69, 9.17) is 0 Å². The number of carbonyl (C=O) groups excluding carboxylic acids is 1. The average molecular weight is 278 g/mol. The Kier molecular flexibility index (Phi) is 5.55. The Morgan fingerprint density at radius 2 is 2.06 bits per heavy atom. The number of piperazine rings is 1. The predicted molar refractivity (Wildman–Crippen MR) is 68.7 cm³/mol. The van der Waals surface area contributed by atoms with Gasteiger partial charge in [-0.15, -0.1) is 0 Å². The first-order valence-corrected chi connectivity index (χ1v) is 7.72. The van der Waals surface area contributed by atoms with Crippen LogP contribution in [0.4, 0.5) is 0 Å². The van der Waals surface area contributed by atoms with Crippen molar-refractivity contribution in [1.29, 1.82) is 0 Å². The van der Waals surface area contributed by atoms with Crippen molar-refractivity contribution in [2.75, 3.05) is 39.5 Å². The Morgan fingerprint density at radius 3 is 2.61 bits per heavy atom. The van der Waals surface area contributed by atoms with Gasteiger partial charge in [-0.3, -0.25) is 4.79 Å². The molecule has 0 spiro atoms. The van der Waals surface area contributed by atoms with Crippen molar-refractivity contribution < 1.29 is 17.9 Å². The molecule has 1 unspecified atom stereocenters. The highest BCUT2D eigenvalue weighted by molar-refractivity contribution is 7.89. The lowest BCUT2D eigenvalue weighted by Crippen LogP contribution is -2.52. The van der Waals surface area contributed by atoms with Gasteiger partial charge in [0.05, 0.1) is 12.9 Å². The van der Waals surface area contributed by atoms with Crippen LogP contribution in [0.3, 0.4) is 0 Å². The minimum atomic E-state index is -3.24. The van der Waals surface area contributed by atoms with Crippen LogP contribution >= 0.6 is 0 Å². The zero-order chi connectivity index (χ0) is 13.8. The molecule has 0 amide bonds. The number of ether oxygens (including phenoxy) is 1. The van der Waals surface area contributed by atoms with E-state index in [0.717, 1.165) is 6.54 Å². The van der Waals surface area contributed by atoms with Gasteiger partial charge >= 0.3 is 5.97 Å². The van der Waals surface area contributed by atoms with Gasteiger partial charge < -0.3 is 9.64 Å². The maximum Gasteiger partial charge on any atom is 0.305 e. The first-order valence-electron chi connectivity index (χ1n) is 6.11. The van der Waals surface area contributed by atoms with E-state index >= 15 is 0 Å². The van der Waals surface area contributed by atoms with Crippen LogP contribution in [-0.2, 0) is 19.6 Å². The fraction of sp³-hybridized carbons (Fsp3) is 0.909. The van der Waals surface area contributed by atoms with Gasteiger partial charge in [-0.05, 0) is 20.4 Å². The fourth-order valence-electron chi connectivity index (χ4n) is 1.90. The molecule has 7 heteroatoms. The van der Waals surface area contributed by atoms with E-state index in [1.54, 1.807) is 0 Å². The molecule has 0 saturated carbocycles. The van der Waals surface area contributed by atoms with Crippen molar-refractivity contribution in [2.24, 2.45) is 0 Å². The summed E-state index contributed by atoms with van der Waals surface area (Å²) in [6.45, 7) is 3.81. The number of hydrogen-bond donors (Lipinski definition) is 0. The molecule has 106 valence electrons. The molecule has 1 aliphatic heterocycles. The molecule has 1 fully saturated rings. The summed E-state index contributed by atoms with van der Waals surface area (Å²) in [5.74, 6) is -0.352. The summed E-state index contributed by atoms with van der Waals surface area (Å²) >= 11 is 0. The molecule has 1 aliphatic rings. The summed E-state index contributed by atoms with van der Waals surface area (Å²) in [6.07, 6.45) is 0.467. The van der Waals surface area contributed by atoms with Crippen LogP contribution in [0.1, 0.15) is 19.8 Å². The zero-order valence-corrected chi connectivity index (χ0v) is 12.1. The molecule has 0 aliphatic carbocycles. The number of carbonyl (C=O) groups is 1. The highest BCUT2D eigenvalue weighted by atomic mass is 32.2. The molecule has 0 bridgehead atoms. The quantitative estimate of drug-likeness (QED) is 0.657. The number of rotatable bonds is 5. The fourth-order valence-corrected chi connectivity index (χ4v) is 3.47. The van der Waals surface area contributed by atoms with Crippen LogP contribution in [0, 0.1) is 0 Å². The second kappa shape index (κ2) is 6.49. The Balaban J connectivity index is 2.46. The lowest BCUT2D eigenvalue weighted by molar-refractivity contribution is -0.140. The largest absolute Gasteiger partial charge is 0.469 e. The first-order chi connectivity index (χ1) is 8.36. The molecular formula is C11H22N2O4S. The van der Waals surface area contributed by atoms with Gasteiger partial charge in [0.1, 0.15) is 0 Å². The third-order valence-electron chi connectivity index (χ3n) is 3.33. The molecule has 0 aromatic heterocycles. The van der Waals surface area contributed by atoms with E-state index in [2.05, 4.69) is 9.64 Å². The van der Waals surface area contributed by atoms with Crippen LogP contribution in [0.2, 0.25) is 0 Å². The Hall–Kier alpha value is -0.660. The molecule has 1 atom stereocenters. The van der Waals surface area contributed by atoms with E-state index in [9.17, 15) is 13.2 Å². The van der Waals surface area contributed by atoms with Crippen LogP contribution < -0.4 is 0 Å². The van der Waals surface area contributed by atoms with Gasteiger partial charge in [-0.25, -0.2) is 8.42 Å². The van der Waals surface area contributed by atoms with Crippen molar-refractivity contribution in [3.8, 4) is 0 Å². The normalized spacial score (nSPS) is 22.9. The summed E-state index contributed by atoms with van der Waals surface area (Å²) < 4.78 is 30.1. The number of hydrogen-bond acceptors (Lipinski definition) is 5. The number of nitrogens with zero attached hydrogens (tertiary/aromatic N) is 2. The highest BCUT2D eigenvalue weighted by Crippen LogP contribution is 2.13. The molecule has 1 heterocycles. The summed E-state index contributed by atoms with van der Waals surface area (Å²) in [4.78, 5) is 13.1. The maximum atomic E-state index is 12.1. The Labute approximate surface area is 109 Å². The third kappa shape index (κ3) is 4.22. The monoisotopic (exact) mass is 278 g/mol. The van der Waals surface area contributed by atoms with Gasteiger partial charge in [-0.2, -0.15) is 4.31 Å². The molecular weight excluding hydrogens is 256 g/mol. The lowest BCUT2D eigenvalue weighted by atomic mass is 10.2. The van der Waals surface area contributed by atoms with Crippen molar-refractivity contribution in [3.63, 3.8) is 0 Å². The average Bonchev–Trinajstić information content (AvgIpc) is 2.32. The summed E-state index contributed by atoms with van der Waals surface area (Å²) in [5.41, 5.74) is 0. The SMILES string of the molecule is COC(=O)CCCS(=O)(=O)N1CCN(C)C(C)C1. The summed E-state index contributed by atoms with van der Waals surface area (Å²) in [5, 5.41) is 0. The van der Waals surface area contributed by atoms with Gasteiger partial charge in [0, 0.05) is 32.1 Å². The minimum absolute atomic E-state index is 0.0124. The van der Waals surface area contributed by atoms with Crippen LogP contribution in [0.5, 0.6) is 0 Å².